The molecule has 0 radical (unpaired) electrons. The third kappa shape index (κ3) is 4.75. The van der Waals surface area contributed by atoms with E-state index >= 15 is 0 Å². The lowest BCUT2D eigenvalue weighted by molar-refractivity contribution is 0.296. The van der Waals surface area contributed by atoms with E-state index in [2.05, 4.69) is 6.92 Å². The molecule has 0 aliphatic carbocycles. The predicted octanol–water partition coefficient (Wildman–Crippen LogP) is 2.89. The Bertz CT molecular complexity index is 440. The Labute approximate surface area is 102 Å². The molecule has 1 aromatic rings. The first-order valence-corrected chi connectivity index (χ1v) is 7.19. The van der Waals surface area contributed by atoms with Crippen LogP contribution in [-0.2, 0) is 10.1 Å². The smallest absolute Gasteiger partial charge is 0.298 e. The molecule has 0 aromatic heterocycles. The van der Waals surface area contributed by atoms with Crippen molar-refractivity contribution in [3.05, 3.63) is 24.3 Å². The van der Waals surface area contributed by atoms with Crippen LogP contribution in [0, 0.1) is 0 Å². The van der Waals surface area contributed by atoms with Crippen LogP contribution in [0.4, 0.5) is 0 Å². The largest absolute Gasteiger partial charge is 0.492 e. The van der Waals surface area contributed by atoms with Crippen molar-refractivity contribution < 1.29 is 17.7 Å². The maximum atomic E-state index is 11.1. The number of benzene rings is 1. The van der Waals surface area contributed by atoms with Gasteiger partial charge in [-0.25, -0.2) is 0 Å². The summed E-state index contributed by atoms with van der Waals surface area (Å²) in [4.78, 5) is -0.171. The summed E-state index contributed by atoms with van der Waals surface area (Å²) in [6.07, 6.45) is 4.23. The van der Waals surface area contributed by atoms with Gasteiger partial charge in [0, 0.05) is 0 Å². The molecule has 0 heterocycles. The highest BCUT2D eigenvalue weighted by Crippen LogP contribution is 2.23. The highest BCUT2D eigenvalue weighted by atomic mass is 32.2. The molecule has 0 unspecified atom stereocenters. The zero-order chi connectivity index (χ0) is 12.7. The summed E-state index contributed by atoms with van der Waals surface area (Å²) in [5.41, 5.74) is 0. The third-order valence-electron chi connectivity index (χ3n) is 2.38. The first kappa shape index (κ1) is 14.0. The molecule has 0 aliphatic heterocycles. The van der Waals surface area contributed by atoms with Gasteiger partial charge < -0.3 is 4.74 Å². The number of hydrogen-bond donors (Lipinski definition) is 1. The minimum Gasteiger partial charge on any atom is -0.492 e. The molecule has 0 saturated heterocycles. The van der Waals surface area contributed by atoms with Gasteiger partial charge in [-0.2, -0.15) is 8.42 Å². The second-order valence-corrected chi connectivity index (χ2v) is 5.22. The fourth-order valence-corrected chi connectivity index (χ4v) is 2.13. The summed E-state index contributed by atoms with van der Waals surface area (Å²) < 4.78 is 36.5. The molecule has 0 atom stereocenters. The van der Waals surface area contributed by atoms with Gasteiger partial charge in [-0.05, 0) is 18.6 Å². The molecule has 1 N–H and O–H groups in total. The van der Waals surface area contributed by atoms with Crippen molar-refractivity contribution in [2.75, 3.05) is 6.61 Å². The van der Waals surface area contributed by atoms with Crippen LogP contribution in [-0.4, -0.2) is 19.6 Å². The molecular weight excluding hydrogens is 240 g/mol. The molecule has 0 aliphatic rings. The second-order valence-electron chi connectivity index (χ2n) is 3.83. The van der Waals surface area contributed by atoms with Gasteiger partial charge in [0.15, 0.2) is 0 Å². The number of hydrogen-bond acceptors (Lipinski definition) is 3. The number of para-hydroxylation sites is 1. The molecular formula is C12H18O4S. The van der Waals surface area contributed by atoms with E-state index in [0.29, 0.717) is 6.61 Å². The third-order valence-corrected chi connectivity index (χ3v) is 3.28. The molecule has 0 saturated carbocycles. The van der Waals surface area contributed by atoms with E-state index in [9.17, 15) is 8.42 Å². The van der Waals surface area contributed by atoms with Crippen molar-refractivity contribution in [3.8, 4) is 5.75 Å². The van der Waals surface area contributed by atoms with Gasteiger partial charge in [-0.15, -0.1) is 0 Å². The monoisotopic (exact) mass is 258 g/mol. The highest BCUT2D eigenvalue weighted by Gasteiger charge is 2.15. The lowest BCUT2D eigenvalue weighted by atomic mass is 10.2. The van der Waals surface area contributed by atoms with Crippen molar-refractivity contribution in [1.29, 1.82) is 0 Å². The fraction of sp³-hybridized carbons (Fsp3) is 0.500. The van der Waals surface area contributed by atoms with Gasteiger partial charge in [0.25, 0.3) is 10.1 Å². The Morgan fingerprint density at radius 3 is 2.53 bits per heavy atom. The molecule has 0 amide bonds. The van der Waals surface area contributed by atoms with Gasteiger partial charge in [0.05, 0.1) is 6.61 Å². The molecule has 0 spiro atoms. The van der Waals surface area contributed by atoms with Gasteiger partial charge >= 0.3 is 0 Å². The molecule has 1 aromatic carbocycles. The van der Waals surface area contributed by atoms with Crippen LogP contribution in [0.25, 0.3) is 0 Å². The van der Waals surface area contributed by atoms with Gasteiger partial charge in [-0.3, -0.25) is 4.55 Å². The van der Waals surface area contributed by atoms with Crippen LogP contribution < -0.4 is 4.74 Å². The average Bonchev–Trinajstić information content (AvgIpc) is 2.28. The predicted molar refractivity (Wildman–Crippen MR) is 65.9 cm³/mol. The summed E-state index contributed by atoms with van der Waals surface area (Å²) >= 11 is 0. The van der Waals surface area contributed by atoms with Crippen LogP contribution in [0.15, 0.2) is 29.2 Å². The molecule has 5 heteroatoms. The Hall–Kier alpha value is -1.07. The normalized spacial score (nSPS) is 11.4. The zero-order valence-corrected chi connectivity index (χ0v) is 10.7. The van der Waals surface area contributed by atoms with E-state index in [4.69, 9.17) is 9.29 Å². The summed E-state index contributed by atoms with van der Waals surface area (Å²) in [5.74, 6) is 0.214. The molecule has 1 rings (SSSR count). The van der Waals surface area contributed by atoms with E-state index < -0.39 is 10.1 Å². The van der Waals surface area contributed by atoms with Crippen LogP contribution in [0.5, 0.6) is 5.75 Å². The van der Waals surface area contributed by atoms with Crippen molar-refractivity contribution >= 4 is 10.1 Å². The summed E-state index contributed by atoms with van der Waals surface area (Å²) in [6.45, 7) is 2.58. The quantitative estimate of drug-likeness (QED) is 0.603. The van der Waals surface area contributed by atoms with Gasteiger partial charge in [0.2, 0.25) is 0 Å². The minimum atomic E-state index is -4.21. The molecule has 0 fully saturated rings. The SMILES string of the molecule is CCCCCCOc1ccccc1S(=O)(=O)O. The van der Waals surface area contributed by atoms with E-state index in [0.717, 1.165) is 25.7 Å². The van der Waals surface area contributed by atoms with Gasteiger partial charge in [0.1, 0.15) is 10.6 Å². The fourth-order valence-electron chi connectivity index (χ4n) is 1.49. The Morgan fingerprint density at radius 2 is 1.88 bits per heavy atom. The lowest BCUT2D eigenvalue weighted by Crippen LogP contribution is -2.04. The van der Waals surface area contributed by atoms with Gasteiger partial charge in [-0.1, -0.05) is 38.3 Å². The average molecular weight is 258 g/mol. The summed E-state index contributed by atoms with van der Waals surface area (Å²) in [6, 6.07) is 6.10. The van der Waals surface area contributed by atoms with Crippen molar-refractivity contribution in [1.82, 2.24) is 0 Å². The maximum Gasteiger partial charge on any atom is 0.298 e. The van der Waals surface area contributed by atoms with E-state index in [1.165, 1.54) is 6.07 Å². The molecule has 0 bridgehead atoms. The van der Waals surface area contributed by atoms with E-state index in [1.54, 1.807) is 18.2 Å². The Balaban J connectivity index is 2.59. The van der Waals surface area contributed by atoms with Crippen LogP contribution in [0.1, 0.15) is 32.6 Å². The topological polar surface area (TPSA) is 63.6 Å². The second kappa shape index (κ2) is 6.61. The molecule has 96 valence electrons. The van der Waals surface area contributed by atoms with Crippen molar-refractivity contribution in [2.24, 2.45) is 0 Å². The number of rotatable bonds is 7. The van der Waals surface area contributed by atoms with E-state index in [-0.39, 0.29) is 10.6 Å². The van der Waals surface area contributed by atoms with Crippen LogP contribution in [0.2, 0.25) is 0 Å². The number of ether oxygens (including phenoxy) is 1. The Kier molecular flexibility index (Phi) is 5.44. The zero-order valence-electron chi connectivity index (χ0n) is 9.93. The van der Waals surface area contributed by atoms with Crippen molar-refractivity contribution in [3.63, 3.8) is 0 Å². The van der Waals surface area contributed by atoms with Crippen LogP contribution in [0.3, 0.4) is 0 Å². The first-order chi connectivity index (χ1) is 8.05. The highest BCUT2D eigenvalue weighted by molar-refractivity contribution is 7.86. The summed E-state index contributed by atoms with van der Waals surface area (Å²) in [5, 5.41) is 0. The van der Waals surface area contributed by atoms with E-state index in [1.807, 2.05) is 0 Å². The standard InChI is InChI=1S/C12H18O4S/c1-2-3-4-7-10-16-11-8-5-6-9-12(11)17(13,14)15/h5-6,8-9H,2-4,7,10H2,1H3,(H,13,14,15). The minimum absolute atomic E-state index is 0.171. The number of unbranched alkanes of at least 4 members (excludes halogenated alkanes) is 3. The van der Waals surface area contributed by atoms with Crippen molar-refractivity contribution in [2.45, 2.75) is 37.5 Å². The molecule has 4 nitrogen and oxygen atoms in total. The maximum absolute atomic E-state index is 11.1. The molecule has 17 heavy (non-hydrogen) atoms. The Morgan fingerprint density at radius 1 is 1.18 bits per heavy atom. The summed E-state index contributed by atoms with van der Waals surface area (Å²) in [7, 11) is -4.21. The van der Waals surface area contributed by atoms with Crippen LogP contribution >= 0.6 is 0 Å². The first-order valence-electron chi connectivity index (χ1n) is 5.75. The lowest BCUT2D eigenvalue weighted by Gasteiger charge is -2.09.